The molecular weight excluding hydrogens is 403 g/mol. The topological polar surface area (TPSA) is 12.0 Å². The Morgan fingerprint density at radius 3 is 2.03 bits per heavy atom. The number of thioether (sulfide) groups is 1. The predicted molar refractivity (Wildman–Crippen MR) is 129 cm³/mol. The van der Waals surface area contributed by atoms with Gasteiger partial charge >= 0.3 is 6.18 Å². The van der Waals surface area contributed by atoms with E-state index in [0.29, 0.717) is 0 Å². The molecule has 0 radical (unpaired) electrons. The summed E-state index contributed by atoms with van der Waals surface area (Å²) in [6, 6.07) is -0.111. The van der Waals surface area contributed by atoms with Gasteiger partial charge in [-0.25, -0.2) is 0 Å². The van der Waals surface area contributed by atoms with Gasteiger partial charge in [0, 0.05) is 23.3 Å². The van der Waals surface area contributed by atoms with Crippen LogP contribution in [-0.4, -0.2) is 23.7 Å². The third kappa shape index (κ3) is 17.3. The summed E-state index contributed by atoms with van der Waals surface area (Å²) in [6.07, 6.45) is 7.95. The first-order valence-electron chi connectivity index (χ1n) is 10.3. The van der Waals surface area contributed by atoms with Crippen LogP contribution >= 0.6 is 11.8 Å². The van der Waals surface area contributed by atoms with Crippen molar-refractivity contribution in [1.29, 1.82) is 0 Å². The van der Waals surface area contributed by atoms with Crippen LogP contribution in [0.25, 0.3) is 0 Å². The van der Waals surface area contributed by atoms with Crippen LogP contribution in [0.1, 0.15) is 60.3 Å². The average molecular weight is 442 g/mol. The Balaban J connectivity index is 4.32. The Hall–Kier alpha value is -1.62. The zero-order chi connectivity index (χ0) is 23.2. The Kier molecular flexibility index (Phi) is 14.4. The predicted octanol–water partition coefficient (Wildman–Crippen LogP) is 8.31. The molecule has 0 amide bonds. The first kappa shape index (κ1) is 28.4. The number of alkyl halides is 3. The minimum absolute atomic E-state index is 0.111. The SMILES string of the molecule is C=C(/C=C/C(F)(F)F)NC(CSC/C=C(\C)CC/C=C(\C)CCC=C(C)C)C(=C)C. The molecule has 1 N–H and O–H groups in total. The van der Waals surface area contributed by atoms with Crippen LogP contribution < -0.4 is 5.32 Å². The summed E-state index contributed by atoms with van der Waals surface area (Å²) in [5, 5.41) is 3.01. The second-order valence-electron chi connectivity index (χ2n) is 7.94. The highest BCUT2D eigenvalue weighted by molar-refractivity contribution is 7.99. The number of hydrogen-bond donors (Lipinski definition) is 1. The molecule has 1 nitrogen and oxygen atoms in total. The molecule has 170 valence electrons. The van der Waals surface area contributed by atoms with Crippen LogP contribution in [-0.2, 0) is 0 Å². The van der Waals surface area contributed by atoms with Crippen molar-refractivity contribution in [2.45, 2.75) is 72.5 Å². The lowest BCUT2D eigenvalue weighted by Crippen LogP contribution is -2.31. The fourth-order valence-corrected chi connectivity index (χ4v) is 3.64. The van der Waals surface area contributed by atoms with Crippen molar-refractivity contribution < 1.29 is 13.2 Å². The Bertz CT molecular complexity index is 662. The van der Waals surface area contributed by atoms with Crippen molar-refractivity contribution >= 4 is 11.8 Å². The highest BCUT2D eigenvalue weighted by Crippen LogP contribution is 2.18. The maximum atomic E-state index is 12.3. The molecule has 0 rings (SSSR count). The van der Waals surface area contributed by atoms with E-state index in [-0.39, 0.29) is 17.8 Å². The molecule has 0 bridgehead atoms. The highest BCUT2D eigenvalue weighted by Gasteiger charge is 2.22. The van der Waals surface area contributed by atoms with E-state index in [4.69, 9.17) is 0 Å². The van der Waals surface area contributed by atoms with Crippen molar-refractivity contribution in [3.8, 4) is 0 Å². The van der Waals surface area contributed by atoms with Crippen LogP contribution in [0.15, 0.2) is 71.5 Å². The maximum absolute atomic E-state index is 12.3. The minimum Gasteiger partial charge on any atom is -0.378 e. The van der Waals surface area contributed by atoms with Crippen LogP contribution in [0, 0.1) is 0 Å². The van der Waals surface area contributed by atoms with Gasteiger partial charge in [0.1, 0.15) is 0 Å². The molecule has 1 unspecified atom stereocenters. The first-order valence-corrected chi connectivity index (χ1v) is 11.5. The molecule has 0 aromatic rings. The van der Waals surface area contributed by atoms with Crippen molar-refractivity contribution in [1.82, 2.24) is 5.32 Å². The number of allylic oxidation sites excluding steroid dienone is 7. The summed E-state index contributed by atoms with van der Waals surface area (Å²) < 4.78 is 36.8. The normalized spacial score (nSPS) is 14.0. The third-order valence-corrected chi connectivity index (χ3v) is 5.36. The van der Waals surface area contributed by atoms with E-state index in [2.05, 4.69) is 64.4 Å². The van der Waals surface area contributed by atoms with E-state index in [9.17, 15) is 13.2 Å². The number of hydrogen-bond acceptors (Lipinski definition) is 2. The summed E-state index contributed by atoms with van der Waals surface area (Å²) in [6.45, 7) is 18.0. The molecular formula is C25H38F3NS. The van der Waals surface area contributed by atoms with Gasteiger partial charge in [0.05, 0.1) is 6.04 Å². The Labute approximate surface area is 186 Å². The van der Waals surface area contributed by atoms with E-state index in [1.807, 2.05) is 6.92 Å². The van der Waals surface area contributed by atoms with E-state index in [1.165, 1.54) is 16.7 Å². The first-order chi connectivity index (χ1) is 13.9. The van der Waals surface area contributed by atoms with E-state index in [0.717, 1.165) is 48.8 Å². The fourth-order valence-electron chi connectivity index (χ4n) is 2.50. The lowest BCUT2D eigenvalue weighted by molar-refractivity contribution is -0.0798. The zero-order valence-electron chi connectivity index (χ0n) is 19.2. The maximum Gasteiger partial charge on any atom is 0.409 e. The fraction of sp³-hybridized carbons (Fsp3) is 0.520. The highest BCUT2D eigenvalue weighted by atomic mass is 32.2. The van der Waals surface area contributed by atoms with Crippen LogP contribution in [0.4, 0.5) is 13.2 Å². The van der Waals surface area contributed by atoms with Crippen LogP contribution in [0.2, 0.25) is 0 Å². The second-order valence-corrected chi connectivity index (χ2v) is 9.02. The van der Waals surface area contributed by atoms with Gasteiger partial charge in [-0.05, 0) is 66.4 Å². The molecule has 0 spiro atoms. The summed E-state index contributed by atoms with van der Waals surface area (Å²) in [7, 11) is 0. The summed E-state index contributed by atoms with van der Waals surface area (Å²) in [5.41, 5.74) is 5.26. The molecule has 30 heavy (non-hydrogen) atoms. The molecule has 0 fully saturated rings. The molecule has 1 atom stereocenters. The lowest BCUT2D eigenvalue weighted by atomic mass is 10.1. The van der Waals surface area contributed by atoms with Crippen LogP contribution in [0.5, 0.6) is 0 Å². The van der Waals surface area contributed by atoms with E-state index < -0.39 is 6.18 Å². The summed E-state index contributed by atoms with van der Waals surface area (Å²) >= 11 is 1.73. The number of nitrogens with one attached hydrogen (secondary N) is 1. The zero-order valence-corrected chi connectivity index (χ0v) is 20.0. The van der Waals surface area contributed by atoms with Crippen LogP contribution in [0.3, 0.4) is 0 Å². The van der Waals surface area contributed by atoms with Crippen molar-refractivity contribution in [3.63, 3.8) is 0 Å². The monoisotopic (exact) mass is 441 g/mol. The van der Waals surface area contributed by atoms with Crippen molar-refractivity contribution in [2.24, 2.45) is 0 Å². The average Bonchev–Trinajstić information content (AvgIpc) is 2.61. The molecule has 0 aromatic carbocycles. The van der Waals surface area contributed by atoms with Gasteiger partial charge in [-0.15, -0.1) is 0 Å². The molecule has 0 saturated heterocycles. The molecule has 0 aromatic heterocycles. The minimum atomic E-state index is -4.33. The van der Waals surface area contributed by atoms with Crippen molar-refractivity contribution in [2.75, 3.05) is 11.5 Å². The van der Waals surface area contributed by atoms with Gasteiger partial charge in [-0.1, -0.05) is 53.7 Å². The van der Waals surface area contributed by atoms with Gasteiger partial charge in [0.2, 0.25) is 0 Å². The van der Waals surface area contributed by atoms with Gasteiger partial charge in [-0.2, -0.15) is 24.9 Å². The van der Waals surface area contributed by atoms with E-state index in [1.54, 1.807) is 11.8 Å². The molecule has 0 saturated carbocycles. The standard InChI is InChI=1S/C25H38F3NS/c1-19(2)10-8-11-21(5)12-9-13-22(6)15-17-30-18-24(20(3)4)29-23(7)14-16-25(26,27)28/h10,12,14-16,24,29H,3,7-9,11,13,17-18H2,1-2,4-6H3/b16-14+,21-12+,22-15+. The largest absolute Gasteiger partial charge is 0.409 e. The van der Waals surface area contributed by atoms with E-state index >= 15 is 0 Å². The Morgan fingerprint density at radius 1 is 0.933 bits per heavy atom. The molecule has 0 heterocycles. The second kappa shape index (κ2) is 15.2. The van der Waals surface area contributed by atoms with Gasteiger partial charge in [0.25, 0.3) is 0 Å². The number of rotatable bonds is 14. The number of halogens is 3. The quantitative estimate of drug-likeness (QED) is 0.165. The van der Waals surface area contributed by atoms with Gasteiger partial charge < -0.3 is 5.32 Å². The Morgan fingerprint density at radius 2 is 1.50 bits per heavy atom. The molecule has 0 aliphatic heterocycles. The summed E-state index contributed by atoms with van der Waals surface area (Å²) in [5.74, 6) is 1.59. The van der Waals surface area contributed by atoms with Crippen molar-refractivity contribution in [3.05, 3.63) is 71.5 Å². The third-order valence-electron chi connectivity index (χ3n) is 4.38. The van der Waals surface area contributed by atoms with Gasteiger partial charge in [-0.3, -0.25) is 0 Å². The lowest BCUT2D eigenvalue weighted by Gasteiger charge is -2.20. The van der Waals surface area contributed by atoms with Gasteiger partial charge in [0.15, 0.2) is 0 Å². The smallest absolute Gasteiger partial charge is 0.378 e. The molecule has 0 aliphatic rings. The molecule has 0 aliphatic carbocycles. The summed E-state index contributed by atoms with van der Waals surface area (Å²) in [4.78, 5) is 0. The molecule has 5 heteroatoms.